The van der Waals surface area contributed by atoms with Crippen LogP contribution >= 0.6 is 0 Å². The summed E-state index contributed by atoms with van der Waals surface area (Å²) in [5.74, 6) is 0.0300. The van der Waals surface area contributed by atoms with Crippen molar-refractivity contribution in [2.45, 2.75) is 13.8 Å². The molecule has 0 saturated heterocycles. The zero-order chi connectivity index (χ0) is 15.1. The quantitative estimate of drug-likeness (QED) is 0.502. The van der Waals surface area contributed by atoms with Crippen molar-refractivity contribution >= 4 is 29.1 Å². The fourth-order valence-corrected chi connectivity index (χ4v) is 2.21. The monoisotopic (exact) mass is 284 g/mol. The summed E-state index contributed by atoms with van der Waals surface area (Å²) in [5, 5.41) is 13.4. The second-order valence-corrected chi connectivity index (χ2v) is 4.87. The van der Waals surface area contributed by atoms with Gasteiger partial charge in [-0.05, 0) is 31.1 Å². The van der Waals surface area contributed by atoms with Crippen molar-refractivity contribution in [3.05, 3.63) is 51.0 Å². The Morgan fingerprint density at radius 2 is 2.14 bits per heavy atom. The molecule has 0 radical (unpaired) electrons. The second-order valence-electron chi connectivity index (χ2n) is 4.87. The van der Waals surface area contributed by atoms with E-state index in [4.69, 9.17) is 0 Å². The normalized spacial score (nSPS) is 15.1. The zero-order valence-electron chi connectivity index (χ0n) is 11.4. The molecule has 2 aromatic heterocycles. The molecule has 0 atom stereocenters. The first kappa shape index (κ1) is 13.0. The minimum Gasteiger partial charge on any atom is -0.361 e. The average Bonchev–Trinajstić information content (AvgIpc) is 2.93. The van der Waals surface area contributed by atoms with E-state index >= 15 is 0 Å². The highest BCUT2D eigenvalue weighted by Gasteiger charge is 2.28. The van der Waals surface area contributed by atoms with E-state index in [-0.39, 0.29) is 11.6 Å². The number of anilines is 1. The van der Waals surface area contributed by atoms with Gasteiger partial charge in [0.1, 0.15) is 12.0 Å². The Morgan fingerprint density at radius 1 is 1.38 bits per heavy atom. The van der Waals surface area contributed by atoms with Crippen LogP contribution in [-0.4, -0.2) is 20.8 Å². The van der Waals surface area contributed by atoms with Crippen LogP contribution in [0.2, 0.25) is 0 Å². The molecule has 1 aliphatic rings. The predicted octanol–water partition coefficient (Wildman–Crippen LogP) is 2.43. The van der Waals surface area contributed by atoms with Gasteiger partial charge < -0.3 is 10.3 Å². The van der Waals surface area contributed by atoms with E-state index in [1.54, 1.807) is 6.08 Å². The first-order valence-corrected chi connectivity index (χ1v) is 6.30. The van der Waals surface area contributed by atoms with Crippen LogP contribution in [0.5, 0.6) is 0 Å². The molecule has 2 aromatic rings. The first-order valence-electron chi connectivity index (χ1n) is 6.30. The molecule has 0 aliphatic carbocycles. The van der Waals surface area contributed by atoms with Crippen LogP contribution < -0.4 is 5.32 Å². The van der Waals surface area contributed by atoms with Crippen LogP contribution in [0.1, 0.15) is 22.4 Å². The molecule has 0 saturated carbocycles. The van der Waals surface area contributed by atoms with Gasteiger partial charge in [-0.15, -0.1) is 0 Å². The van der Waals surface area contributed by atoms with Gasteiger partial charge in [0.05, 0.1) is 10.5 Å². The summed E-state index contributed by atoms with van der Waals surface area (Å²) in [7, 11) is 0. The van der Waals surface area contributed by atoms with Crippen molar-refractivity contribution in [2.24, 2.45) is 0 Å². The predicted molar refractivity (Wildman–Crippen MR) is 77.7 cm³/mol. The molecule has 2 N–H and O–H groups in total. The molecule has 0 fully saturated rings. The fourth-order valence-electron chi connectivity index (χ4n) is 2.21. The summed E-state index contributed by atoms with van der Waals surface area (Å²) in [6, 6.07) is 1.36. The lowest BCUT2D eigenvalue weighted by Crippen LogP contribution is -2.04. The number of carbonyl (C=O) groups is 1. The van der Waals surface area contributed by atoms with E-state index < -0.39 is 4.92 Å². The number of aryl methyl sites for hydroxylation is 1. The van der Waals surface area contributed by atoms with Gasteiger partial charge in [-0.25, -0.2) is 4.98 Å². The molecule has 7 nitrogen and oxygen atoms in total. The third kappa shape index (κ3) is 2.08. The Hall–Kier alpha value is -2.96. The number of H-pyrrole nitrogens is 1. The van der Waals surface area contributed by atoms with Gasteiger partial charge in [-0.3, -0.25) is 14.9 Å². The van der Waals surface area contributed by atoms with E-state index in [0.717, 1.165) is 23.0 Å². The minimum absolute atomic E-state index is 0.143. The fraction of sp³-hybridized carbons (Fsp3) is 0.143. The molecular weight excluding hydrogens is 272 g/mol. The number of aromatic nitrogens is 2. The van der Waals surface area contributed by atoms with E-state index in [9.17, 15) is 14.9 Å². The summed E-state index contributed by atoms with van der Waals surface area (Å²) in [6.07, 6.45) is 4.67. The molecule has 7 heteroatoms. The number of nitrogens with one attached hydrogen (secondary N) is 2. The third-order valence-electron chi connectivity index (χ3n) is 3.58. The third-order valence-corrected chi connectivity index (χ3v) is 3.58. The number of fused-ring (bicyclic) bond motifs is 1. The number of carbonyl (C=O) groups excluding carboxylic acids is 1. The Bertz CT molecular complexity index is 805. The standard InChI is InChI=1S/C14H12N4O3/c1-7-5-15-12(8(7)2)4-11-10-3-9(18(20)21)6-16-13(10)17-14(11)19/h3-6,15H,1-2H3,(H,16,17,19). The molecule has 0 aromatic carbocycles. The summed E-state index contributed by atoms with van der Waals surface area (Å²) >= 11 is 0. The molecule has 1 aliphatic heterocycles. The maximum Gasteiger partial charge on any atom is 0.288 e. The van der Waals surface area contributed by atoms with E-state index in [0.29, 0.717) is 17.0 Å². The Morgan fingerprint density at radius 3 is 2.76 bits per heavy atom. The van der Waals surface area contributed by atoms with E-state index in [1.807, 2.05) is 20.0 Å². The largest absolute Gasteiger partial charge is 0.361 e. The van der Waals surface area contributed by atoms with Crippen molar-refractivity contribution in [1.82, 2.24) is 9.97 Å². The van der Waals surface area contributed by atoms with Crippen molar-refractivity contribution in [3.8, 4) is 0 Å². The van der Waals surface area contributed by atoms with E-state index in [1.165, 1.54) is 6.07 Å². The summed E-state index contributed by atoms with van der Waals surface area (Å²) in [5.41, 5.74) is 3.58. The zero-order valence-corrected chi connectivity index (χ0v) is 11.4. The van der Waals surface area contributed by atoms with Gasteiger partial charge in [-0.2, -0.15) is 0 Å². The Labute approximate surface area is 119 Å². The lowest BCUT2D eigenvalue weighted by atomic mass is 10.1. The first-order chi connectivity index (χ1) is 9.97. The molecule has 0 spiro atoms. The highest BCUT2D eigenvalue weighted by atomic mass is 16.6. The number of rotatable bonds is 2. The minimum atomic E-state index is -0.530. The average molecular weight is 284 g/mol. The van der Waals surface area contributed by atoms with E-state index in [2.05, 4.69) is 15.3 Å². The summed E-state index contributed by atoms with van der Waals surface area (Å²) in [6.45, 7) is 3.90. The maximum absolute atomic E-state index is 12.0. The molecular formula is C14H12N4O3. The van der Waals surface area contributed by atoms with Crippen molar-refractivity contribution in [1.29, 1.82) is 0 Å². The van der Waals surface area contributed by atoms with Crippen LogP contribution in [0.15, 0.2) is 18.5 Å². The molecule has 1 amide bonds. The molecule has 106 valence electrons. The van der Waals surface area contributed by atoms with Crippen LogP contribution in [0.25, 0.3) is 11.6 Å². The molecule has 3 heterocycles. The van der Waals surface area contributed by atoms with Gasteiger partial charge in [0.25, 0.3) is 11.6 Å². The van der Waals surface area contributed by atoms with Crippen LogP contribution in [0.3, 0.4) is 0 Å². The Balaban J connectivity index is 2.13. The van der Waals surface area contributed by atoms with Crippen LogP contribution in [0, 0.1) is 24.0 Å². The van der Waals surface area contributed by atoms with Crippen LogP contribution in [-0.2, 0) is 4.79 Å². The Kier molecular flexibility index (Phi) is 2.83. The molecule has 21 heavy (non-hydrogen) atoms. The number of aromatic amines is 1. The molecule has 0 bridgehead atoms. The number of nitrogens with zero attached hydrogens (tertiary/aromatic N) is 2. The van der Waals surface area contributed by atoms with Crippen molar-refractivity contribution < 1.29 is 9.72 Å². The molecule has 3 rings (SSSR count). The number of pyridine rings is 1. The van der Waals surface area contributed by atoms with Gasteiger partial charge in [0.15, 0.2) is 0 Å². The van der Waals surface area contributed by atoms with Gasteiger partial charge in [-0.1, -0.05) is 0 Å². The van der Waals surface area contributed by atoms with Gasteiger partial charge >= 0.3 is 0 Å². The highest BCUT2D eigenvalue weighted by Crippen LogP contribution is 2.34. The smallest absolute Gasteiger partial charge is 0.288 e. The highest BCUT2D eigenvalue weighted by molar-refractivity contribution is 6.34. The van der Waals surface area contributed by atoms with Crippen molar-refractivity contribution in [3.63, 3.8) is 0 Å². The summed E-state index contributed by atoms with van der Waals surface area (Å²) in [4.78, 5) is 29.3. The number of nitro groups is 1. The number of hydrogen-bond donors (Lipinski definition) is 2. The topological polar surface area (TPSA) is 101 Å². The number of hydrogen-bond acceptors (Lipinski definition) is 4. The lowest BCUT2D eigenvalue weighted by Gasteiger charge is -1.98. The number of amides is 1. The van der Waals surface area contributed by atoms with Gasteiger partial charge in [0, 0.05) is 23.5 Å². The summed E-state index contributed by atoms with van der Waals surface area (Å²) < 4.78 is 0. The SMILES string of the molecule is Cc1c[nH]c(C=C2C(=O)Nc3ncc([N+](=O)[O-])cc32)c1C. The second kappa shape index (κ2) is 4.55. The van der Waals surface area contributed by atoms with Crippen LogP contribution in [0.4, 0.5) is 11.5 Å². The molecule has 0 unspecified atom stereocenters. The van der Waals surface area contributed by atoms with Gasteiger partial charge in [0.2, 0.25) is 0 Å². The van der Waals surface area contributed by atoms with Crippen molar-refractivity contribution in [2.75, 3.05) is 5.32 Å². The maximum atomic E-state index is 12.0. The lowest BCUT2D eigenvalue weighted by molar-refractivity contribution is -0.385.